The highest BCUT2D eigenvalue weighted by Gasteiger charge is 2.37. The van der Waals surface area contributed by atoms with Gasteiger partial charge in [-0.2, -0.15) is 0 Å². The first-order valence-electron chi connectivity index (χ1n) is 10.8. The summed E-state index contributed by atoms with van der Waals surface area (Å²) in [7, 11) is 1.64. The average molecular weight is 437 g/mol. The molecule has 2 aromatic rings. The molecule has 2 aliphatic heterocycles. The Morgan fingerprint density at radius 2 is 1.91 bits per heavy atom. The molecule has 0 atom stereocenters. The van der Waals surface area contributed by atoms with Crippen LogP contribution >= 0.6 is 0 Å². The summed E-state index contributed by atoms with van der Waals surface area (Å²) in [5, 5.41) is 3.06. The Bertz CT molecular complexity index is 964. The number of ether oxygens (including phenoxy) is 2. The number of nitrogens with zero attached hydrogens (tertiary/aromatic N) is 2. The van der Waals surface area contributed by atoms with Gasteiger partial charge in [0.15, 0.2) is 0 Å². The lowest BCUT2D eigenvalue weighted by molar-refractivity contribution is -0.121. The molecule has 3 heterocycles. The highest BCUT2D eigenvalue weighted by molar-refractivity contribution is 6.20. The van der Waals surface area contributed by atoms with Crippen molar-refractivity contribution in [3.05, 3.63) is 59.4 Å². The number of rotatable bonds is 8. The lowest BCUT2D eigenvalue weighted by Crippen LogP contribution is -2.44. The third-order valence-corrected chi connectivity index (χ3v) is 6.29. The number of nitrogens with one attached hydrogen (secondary N) is 1. The third-order valence-electron chi connectivity index (χ3n) is 6.29. The number of imide groups is 1. The standard InChI is InChI=1S/C24H27N3O5/c1-31-18-8-6-17(7-9-18)24(10-14-32-15-11-24)16-26-20(28)5-3-13-27-22(29)19-4-2-12-25-21(19)23(27)30/h2,4,6-9,12H,3,5,10-11,13-16H2,1H3,(H,26,28). The number of pyridine rings is 1. The minimum absolute atomic E-state index is 0.0980. The van der Waals surface area contributed by atoms with Crippen LogP contribution in [-0.2, 0) is 14.9 Å². The first-order chi connectivity index (χ1) is 15.5. The van der Waals surface area contributed by atoms with E-state index in [0.717, 1.165) is 24.2 Å². The number of amides is 3. The molecule has 0 bridgehead atoms. The predicted octanol–water partition coefficient (Wildman–Crippen LogP) is 2.33. The first-order valence-corrected chi connectivity index (χ1v) is 10.8. The van der Waals surface area contributed by atoms with Crippen LogP contribution in [0.3, 0.4) is 0 Å². The molecule has 1 aromatic carbocycles. The maximum absolute atomic E-state index is 12.6. The molecule has 3 amide bonds. The molecule has 0 aliphatic carbocycles. The van der Waals surface area contributed by atoms with Crippen molar-refractivity contribution in [3.63, 3.8) is 0 Å². The van der Waals surface area contributed by atoms with Crippen LogP contribution in [0.15, 0.2) is 42.6 Å². The van der Waals surface area contributed by atoms with Gasteiger partial charge in [-0.3, -0.25) is 24.3 Å². The van der Waals surface area contributed by atoms with Crippen molar-refractivity contribution in [2.24, 2.45) is 0 Å². The summed E-state index contributed by atoms with van der Waals surface area (Å²) in [6.45, 7) is 2.00. The summed E-state index contributed by atoms with van der Waals surface area (Å²) in [5.74, 6) is -0.0479. The van der Waals surface area contributed by atoms with Crippen molar-refractivity contribution >= 4 is 17.7 Å². The summed E-state index contributed by atoms with van der Waals surface area (Å²) >= 11 is 0. The highest BCUT2D eigenvalue weighted by atomic mass is 16.5. The van der Waals surface area contributed by atoms with Crippen molar-refractivity contribution in [3.8, 4) is 5.75 Å². The van der Waals surface area contributed by atoms with Crippen LogP contribution in [0.1, 0.15) is 52.1 Å². The van der Waals surface area contributed by atoms with Crippen LogP contribution in [-0.4, -0.2) is 61.0 Å². The number of methoxy groups -OCH3 is 1. The van der Waals surface area contributed by atoms with Gasteiger partial charge in [0.2, 0.25) is 5.91 Å². The van der Waals surface area contributed by atoms with E-state index in [0.29, 0.717) is 31.7 Å². The summed E-state index contributed by atoms with van der Waals surface area (Å²) in [6.07, 6.45) is 3.77. The Morgan fingerprint density at radius 1 is 1.16 bits per heavy atom. The monoisotopic (exact) mass is 437 g/mol. The van der Waals surface area contributed by atoms with Gasteiger partial charge < -0.3 is 14.8 Å². The summed E-state index contributed by atoms with van der Waals surface area (Å²) < 4.78 is 10.8. The maximum atomic E-state index is 12.6. The molecule has 2 aliphatic rings. The minimum atomic E-state index is -0.397. The predicted molar refractivity (Wildman–Crippen MR) is 117 cm³/mol. The molecule has 0 radical (unpaired) electrons. The van der Waals surface area contributed by atoms with Gasteiger partial charge >= 0.3 is 0 Å². The molecule has 0 saturated carbocycles. The van der Waals surface area contributed by atoms with Crippen molar-refractivity contribution in [2.75, 3.05) is 33.4 Å². The Hall–Kier alpha value is -3.26. The molecular formula is C24H27N3O5. The third kappa shape index (κ3) is 4.36. The van der Waals surface area contributed by atoms with Gasteiger partial charge in [0.05, 0.1) is 12.7 Å². The number of carbonyl (C=O) groups is 3. The lowest BCUT2D eigenvalue weighted by atomic mass is 9.74. The van der Waals surface area contributed by atoms with Crippen LogP contribution in [0.2, 0.25) is 0 Å². The molecule has 1 N–H and O–H groups in total. The van der Waals surface area contributed by atoms with E-state index in [4.69, 9.17) is 9.47 Å². The number of benzene rings is 1. The second-order valence-corrected chi connectivity index (χ2v) is 8.16. The zero-order chi connectivity index (χ0) is 22.6. The zero-order valence-electron chi connectivity index (χ0n) is 18.1. The molecule has 8 nitrogen and oxygen atoms in total. The van der Waals surface area contributed by atoms with Crippen molar-refractivity contribution < 1.29 is 23.9 Å². The molecule has 1 aromatic heterocycles. The summed E-state index contributed by atoms with van der Waals surface area (Å²) in [4.78, 5) is 42.5. The number of hydrogen-bond acceptors (Lipinski definition) is 6. The van der Waals surface area contributed by atoms with E-state index in [-0.39, 0.29) is 35.9 Å². The molecule has 4 rings (SSSR count). The van der Waals surface area contributed by atoms with Crippen LogP contribution in [0.4, 0.5) is 0 Å². The largest absolute Gasteiger partial charge is 0.497 e. The minimum Gasteiger partial charge on any atom is -0.497 e. The molecule has 32 heavy (non-hydrogen) atoms. The quantitative estimate of drug-likeness (QED) is 0.637. The van der Waals surface area contributed by atoms with Gasteiger partial charge in [-0.25, -0.2) is 0 Å². The van der Waals surface area contributed by atoms with E-state index < -0.39 is 5.91 Å². The smallest absolute Gasteiger partial charge is 0.280 e. The molecule has 1 fully saturated rings. The van der Waals surface area contributed by atoms with Crippen molar-refractivity contribution in [2.45, 2.75) is 31.1 Å². The number of fused-ring (bicyclic) bond motifs is 1. The van der Waals surface area contributed by atoms with Crippen LogP contribution in [0.5, 0.6) is 5.75 Å². The highest BCUT2D eigenvalue weighted by Crippen LogP contribution is 2.35. The van der Waals surface area contributed by atoms with Crippen LogP contribution < -0.4 is 10.1 Å². The second-order valence-electron chi connectivity index (χ2n) is 8.16. The van der Waals surface area contributed by atoms with E-state index >= 15 is 0 Å². The van der Waals surface area contributed by atoms with E-state index in [1.807, 2.05) is 24.3 Å². The van der Waals surface area contributed by atoms with Crippen molar-refractivity contribution in [1.29, 1.82) is 0 Å². The van der Waals surface area contributed by atoms with E-state index in [1.165, 1.54) is 11.1 Å². The molecule has 168 valence electrons. The van der Waals surface area contributed by atoms with Gasteiger partial charge in [0.25, 0.3) is 11.8 Å². The molecule has 8 heteroatoms. The van der Waals surface area contributed by atoms with Gasteiger partial charge in [-0.1, -0.05) is 12.1 Å². The Kier molecular flexibility index (Phi) is 6.50. The van der Waals surface area contributed by atoms with E-state index in [1.54, 1.807) is 19.2 Å². The maximum Gasteiger partial charge on any atom is 0.280 e. The van der Waals surface area contributed by atoms with Crippen molar-refractivity contribution in [1.82, 2.24) is 15.2 Å². The normalized spacial score (nSPS) is 17.2. The lowest BCUT2D eigenvalue weighted by Gasteiger charge is -2.38. The zero-order valence-corrected chi connectivity index (χ0v) is 18.1. The average Bonchev–Trinajstić information content (AvgIpc) is 3.08. The molecule has 1 saturated heterocycles. The SMILES string of the molecule is COc1ccc(C2(CNC(=O)CCCN3C(=O)c4cccnc4C3=O)CCOCC2)cc1. The fraction of sp³-hybridized carbons (Fsp3) is 0.417. The van der Waals surface area contributed by atoms with E-state index in [2.05, 4.69) is 10.3 Å². The van der Waals surface area contributed by atoms with Gasteiger partial charge in [0, 0.05) is 44.3 Å². The molecule has 0 spiro atoms. The van der Waals surface area contributed by atoms with Gasteiger partial charge in [-0.15, -0.1) is 0 Å². The molecule has 0 unspecified atom stereocenters. The fourth-order valence-corrected chi connectivity index (χ4v) is 4.34. The van der Waals surface area contributed by atoms with Gasteiger partial charge in [0.1, 0.15) is 11.4 Å². The fourth-order valence-electron chi connectivity index (χ4n) is 4.34. The number of aromatic nitrogens is 1. The second kappa shape index (κ2) is 9.48. The van der Waals surface area contributed by atoms with E-state index in [9.17, 15) is 14.4 Å². The Labute approximate surface area is 186 Å². The van der Waals surface area contributed by atoms with Crippen LogP contribution in [0.25, 0.3) is 0 Å². The Balaban J connectivity index is 1.31. The summed E-state index contributed by atoms with van der Waals surface area (Å²) in [6, 6.07) is 11.2. The van der Waals surface area contributed by atoms with Crippen LogP contribution in [0, 0.1) is 0 Å². The Morgan fingerprint density at radius 3 is 2.59 bits per heavy atom. The number of hydrogen-bond donors (Lipinski definition) is 1. The molecular weight excluding hydrogens is 410 g/mol. The topological polar surface area (TPSA) is 97.8 Å². The summed E-state index contributed by atoms with van der Waals surface area (Å²) in [5.41, 5.74) is 1.47. The first kappa shape index (κ1) is 22.0. The number of carbonyl (C=O) groups excluding carboxylic acids is 3. The van der Waals surface area contributed by atoms with Gasteiger partial charge in [-0.05, 0) is 49.1 Å².